The summed E-state index contributed by atoms with van der Waals surface area (Å²) in [5.41, 5.74) is -3.36. The van der Waals surface area contributed by atoms with Gasteiger partial charge in [0.15, 0.2) is 0 Å². The van der Waals surface area contributed by atoms with Crippen molar-refractivity contribution in [2.45, 2.75) is 38.1 Å². The molecule has 0 bridgehead atoms. The molecule has 4 nitrogen and oxygen atoms in total. The molecule has 0 aliphatic carbocycles. The maximum Gasteiger partial charge on any atom is 0.438 e. The van der Waals surface area contributed by atoms with Crippen LogP contribution in [0.1, 0.15) is 36.5 Å². The van der Waals surface area contributed by atoms with E-state index in [9.17, 15) is 23.1 Å². The van der Waals surface area contributed by atoms with Gasteiger partial charge in [0.2, 0.25) is 0 Å². The van der Waals surface area contributed by atoms with Crippen molar-refractivity contribution >= 4 is 23.2 Å². The predicted molar refractivity (Wildman–Crippen MR) is 75.6 cm³/mol. The minimum atomic E-state index is -5.02. The van der Waals surface area contributed by atoms with E-state index in [0.717, 1.165) is 0 Å². The highest BCUT2D eigenvalue weighted by Gasteiger charge is 2.63. The Bertz CT molecular complexity index is 618. The molecule has 2 rings (SSSR count). The van der Waals surface area contributed by atoms with Gasteiger partial charge in [-0.2, -0.15) is 23.3 Å². The van der Waals surface area contributed by atoms with Gasteiger partial charge in [0.05, 0.1) is 10.6 Å². The van der Waals surface area contributed by atoms with Crippen molar-refractivity contribution in [3.63, 3.8) is 0 Å². The number of aliphatic hydroxyl groups is 1. The fourth-order valence-electron chi connectivity index (χ4n) is 2.23. The molecule has 1 aromatic carbocycles. The third-order valence-electron chi connectivity index (χ3n) is 3.33. The van der Waals surface area contributed by atoms with Crippen LogP contribution in [0.25, 0.3) is 0 Å². The van der Waals surface area contributed by atoms with E-state index < -0.39 is 24.2 Å². The van der Waals surface area contributed by atoms with Crippen LogP contribution in [0.15, 0.2) is 29.4 Å². The third-order valence-corrected chi connectivity index (χ3v) is 3.66. The summed E-state index contributed by atoms with van der Waals surface area (Å²) in [4.78, 5) is 12.4. The van der Waals surface area contributed by atoms with Crippen LogP contribution < -0.4 is 0 Å². The first-order valence-electron chi connectivity index (χ1n) is 6.65. The number of alkyl halides is 3. The predicted octanol–water partition coefficient (Wildman–Crippen LogP) is 3.59. The van der Waals surface area contributed by atoms with Gasteiger partial charge in [0.1, 0.15) is 0 Å². The number of halogens is 4. The van der Waals surface area contributed by atoms with Gasteiger partial charge in [-0.25, -0.2) is 0 Å². The Morgan fingerprint density at radius 1 is 1.45 bits per heavy atom. The highest BCUT2D eigenvalue weighted by Crippen LogP contribution is 2.41. The van der Waals surface area contributed by atoms with Gasteiger partial charge in [0, 0.05) is 12.1 Å². The number of hydrogen-bond acceptors (Lipinski definition) is 3. The number of amides is 1. The van der Waals surface area contributed by atoms with E-state index in [1.54, 1.807) is 13.0 Å². The molecular formula is C14H14ClF3N2O2. The summed E-state index contributed by atoms with van der Waals surface area (Å²) in [6.07, 6.45) is -4.95. The number of carbonyl (C=O) groups is 1. The van der Waals surface area contributed by atoms with Crippen LogP contribution in [-0.2, 0) is 0 Å². The maximum atomic E-state index is 13.2. The SMILES string of the molecule is CCCC1=NN(C(=O)c2ccccc2Cl)[C@@](O)(C(F)(F)F)C1. The average Bonchev–Trinajstić information content (AvgIpc) is 2.77. The first-order valence-corrected chi connectivity index (χ1v) is 7.03. The second-order valence-electron chi connectivity index (χ2n) is 5.00. The van der Waals surface area contributed by atoms with E-state index in [0.29, 0.717) is 6.42 Å². The van der Waals surface area contributed by atoms with Crippen molar-refractivity contribution in [2.75, 3.05) is 0 Å². The normalized spacial score (nSPS) is 21.9. The van der Waals surface area contributed by atoms with Crippen molar-refractivity contribution in [1.29, 1.82) is 0 Å². The van der Waals surface area contributed by atoms with Crippen molar-refractivity contribution in [3.05, 3.63) is 34.9 Å². The van der Waals surface area contributed by atoms with Crippen molar-refractivity contribution < 1.29 is 23.1 Å². The molecule has 8 heteroatoms. The van der Waals surface area contributed by atoms with E-state index >= 15 is 0 Å². The molecule has 0 aromatic heterocycles. The van der Waals surface area contributed by atoms with Crippen molar-refractivity contribution in [2.24, 2.45) is 5.10 Å². The lowest BCUT2D eigenvalue weighted by Crippen LogP contribution is -2.56. The molecule has 1 aliphatic heterocycles. The highest BCUT2D eigenvalue weighted by atomic mass is 35.5. The number of rotatable bonds is 3. The van der Waals surface area contributed by atoms with E-state index in [4.69, 9.17) is 11.6 Å². The molecule has 0 radical (unpaired) electrons. The quantitative estimate of drug-likeness (QED) is 0.918. The first-order chi connectivity index (χ1) is 10.2. The van der Waals surface area contributed by atoms with Gasteiger partial charge < -0.3 is 5.11 Å². The molecule has 1 aliphatic rings. The zero-order chi connectivity index (χ0) is 16.5. The van der Waals surface area contributed by atoms with Crippen LogP contribution in [0, 0.1) is 0 Å². The number of hydrogen-bond donors (Lipinski definition) is 1. The second kappa shape index (κ2) is 5.89. The fraction of sp³-hybridized carbons (Fsp3) is 0.429. The Balaban J connectivity index is 2.44. The molecule has 0 unspecified atom stereocenters. The second-order valence-corrected chi connectivity index (χ2v) is 5.41. The smallest absolute Gasteiger partial charge is 0.362 e. The van der Waals surface area contributed by atoms with Crippen molar-refractivity contribution in [3.8, 4) is 0 Å². The molecule has 1 aromatic rings. The Labute approximate surface area is 130 Å². The van der Waals surface area contributed by atoms with Crippen LogP contribution in [0.4, 0.5) is 13.2 Å². The van der Waals surface area contributed by atoms with Crippen LogP contribution in [-0.4, -0.2) is 33.6 Å². The molecule has 120 valence electrons. The van der Waals surface area contributed by atoms with Crippen molar-refractivity contribution in [1.82, 2.24) is 5.01 Å². The minimum absolute atomic E-state index is 0.00355. The molecule has 1 atom stereocenters. The summed E-state index contributed by atoms with van der Waals surface area (Å²) in [5, 5.41) is 13.8. The molecule has 1 amide bonds. The zero-order valence-corrected chi connectivity index (χ0v) is 12.4. The Morgan fingerprint density at radius 3 is 2.64 bits per heavy atom. The van der Waals surface area contributed by atoms with Gasteiger partial charge in [-0.05, 0) is 18.6 Å². The molecule has 0 spiro atoms. The summed E-state index contributed by atoms with van der Waals surface area (Å²) >= 11 is 5.84. The van der Waals surface area contributed by atoms with Crippen LogP contribution in [0.2, 0.25) is 5.02 Å². The number of benzene rings is 1. The molecule has 22 heavy (non-hydrogen) atoms. The molecule has 0 saturated carbocycles. The van der Waals surface area contributed by atoms with E-state index in [-0.39, 0.29) is 27.7 Å². The van der Waals surface area contributed by atoms with E-state index in [1.165, 1.54) is 18.2 Å². The number of carbonyl (C=O) groups excluding carboxylic acids is 1. The molecule has 0 fully saturated rings. The largest absolute Gasteiger partial charge is 0.438 e. The summed E-state index contributed by atoms with van der Waals surface area (Å²) < 4.78 is 39.7. The maximum absolute atomic E-state index is 13.2. The lowest BCUT2D eigenvalue weighted by Gasteiger charge is -2.32. The Morgan fingerprint density at radius 2 is 2.09 bits per heavy atom. The molecule has 0 saturated heterocycles. The first kappa shape index (κ1) is 16.8. The van der Waals surface area contributed by atoms with Crippen LogP contribution in [0.3, 0.4) is 0 Å². The molecule has 1 heterocycles. The minimum Gasteiger partial charge on any atom is -0.362 e. The summed E-state index contributed by atoms with van der Waals surface area (Å²) in [5.74, 6) is -1.09. The summed E-state index contributed by atoms with van der Waals surface area (Å²) in [6, 6.07) is 5.69. The lowest BCUT2D eigenvalue weighted by molar-refractivity contribution is -0.297. The average molecular weight is 335 g/mol. The Hall–Kier alpha value is -1.60. The molecular weight excluding hydrogens is 321 g/mol. The van der Waals surface area contributed by atoms with Gasteiger partial charge in [-0.3, -0.25) is 4.79 Å². The topological polar surface area (TPSA) is 52.9 Å². The zero-order valence-electron chi connectivity index (χ0n) is 11.7. The fourth-order valence-corrected chi connectivity index (χ4v) is 2.44. The number of nitrogens with zero attached hydrogens (tertiary/aromatic N) is 2. The van der Waals surface area contributed by atoms with E-state index in [2.05, 4.69) is 5.10 Å². The molecule has 1 N–H and O–H groups in total. The lowest BCUT2D eigenvalue weighted by atomic mass is 10.0. The van der Waals surface area contributed by atoms with Gasteiger partial charge in [0.25, 0.3) is 11.6 Å². The third kappa shape index (κ3) is 2.83. The van der Waals surface area contributed by atoms with Gasteiger partial charge >= 0.3 is 6.18 Å². The van der Waals surface area contributed by atoms with Crippen LogP contribution >= 0.6 is 11.6 Å². The monoisotopic (exact) mass is 334 g/mol. The Kier molecular flexibility index (Phi) is 4.49. The highest BCUT2D eigenvalue weighted by molar-refractivity contribution is 6.33. The van der Waals surface area contributed by atoms with Gasteiger partial charge in [-0.1, -0.05) is 37.1 Å². The number of hydrazone groups is 1. The summed E-state index contributed by atoms with van der Waals surface area (Å²) in [7, 11) is 0. The standard InChI is InChI=1S/C14H14ClF3N2O2/c1-2-5-9-8-13(22,14(16,17)18)20(19-9)12(21)10-6-3-4-7-11(10)15/h3-4,6-7,22H,2,5,8H2,1H3/t13-/m0/s1. The van der Waals surface area contributed by atoms with Gasteiger partial charge in [-0.15, -0.1) is 0 Å². The van der Waals surface area contributed by atoms with E-state index in [1.807, 2.05) is 0 Å². The summed E-state index contributed by atoms with van der Waals surface area (Å²) in [6.45, 7) is 1.77. The van der Waals surface area contributed by atoms with Crippen LogP contribution in [0.5, 0.6) is 0 Å².